The van der Waals surface area contributed by atoms with Crippen LogP contribution in [0.1, 0.15) is 38.8 Å². The number of hydrogen-bond donors (Lipinski definition) is 2. The van der Waals surface area contributed by atoms with Gasteiger partial charge in [-0.15, -0.1) is 0 Å². The van der Waals surface area contributed by atoms with Gasteiger partial charge < -0.3 is 15.2 Å². The van der Waals surface area contributed by atoms with E-state index in [9.17, 15) is 9.50 Å². The van der Waals surface area contributed by atoms with Crippen LogP contribution in [0, 0.1) is 5.82 Å². The second kappa shape index (κ2) is 6.52. The van der Waals surface area contributed by atoms with Crippen molar-refractivity contribution >= 4 is 11.3 Å². The van der Waals surface area contributed by atoms with E-state index in [0.29, 0.717) is 12.4 Å². The van der Waals surface area contributed by atoms with Gasteiger partial charge in [0.15, 0.2) is 0 Å². The largest absolute Gasteiger partial charge is 0.493 e. The molecule has 3 rings (SSSR count). The molecule has 0 bridgehead atoms. The molecule has 1 aliphatic rings. The Hall–Kier alpha value is -2.33. The molecule has 0 unspecified atom stereocenters. The number of aliphatic hydroxyl groups is 1. The molecular formula is C21H24FNO2. The fraction of sp³-hybridized carbons (Fsp3) is 0.333. The van der Waals surface area contributed by atoms with Crippen LogP contribution in [-0.2, 0) is 6.61 Å². The first kappa shape index (κ1) is 17.5. The molecule has 1 aliphatic heterocycles. The Morgan fingerprint density at radius 2 is 1.88 bits per heavy atom. The number of fused-ring (bicyclic) bond motifs is 1. The van der Waals surface area contributed by atoms with E-state index in [2.05, 4.69) is 32.2 Å². The first-order chi connectivity index (χ1) is 11.9. The number of aliphatic hydroxyl groups excluding tert-OH is 1. The van der Waals surface area contributed by atoms with E-state index < -0.39 is 0 Å². The van der Waals surface area contributed by atoms with Gasteiger partial charge in [0.1, 0.15) is 11.6 Å². The van der Waals surface area contributed by atoms with E-state index in [0.717, 1.165) is 33.5 Å². The summed E-state index contributed by atoms with van der Waals surface area (Å²) >= 11 is 0. The third-order valence-electron chi connectivity index (χ3n) is 4.43. The molecule has 0 spiro atoms. The average Bonchev–Trinajstić information content (AvgIpc) is 2.53. The summed E-state index contributed by atoms with van der Waals surface area (Å²) in [7, 11) is 0. The van der Waals surface area contributed by atoms with Crippen LogP contribution in [0.2, 0.25) is 0 Å². The average molecular weight is 341 g/mol. The van der Waals surface area contributed by atoms with Crippen molar-refractivity contribution in [3.8, 4) is 16.9 Å². The maximum Gasteiger partial charge on any atom is 0.130 e. The first-order valence-electron chi connectivity index (χ1n) is 8.53. The highest BCUT2D eigenvalue weighted by atomic mass is 19.1. The van der Waals surface area contributed by atoms with Gasteiger partial charge in [-0.3, -0.25) is 0 Å². The normalized spacial score (nSPS) is 15.2. The molecule has 0 aliphatic carbocycles. The minimum Gasteiger partial charge on any atom is -0.493 e. The highest BCUT2D eigenvalue weighted by Gasteiger charge is 2.26. The van der Waals surface area contributed by atoms with Gasteiger partial charge in [0.25, 0.3) is 0 Å². The van der Waals surface area contributed by atoms with Crippen LogP contribution in [-0.4, -0.2) is 17.3 Å². The van der Waals surface area contributed by atoms with Gasteiger partial charge in [0.05, 0.1) is 18.8 Å². The van der Waals surface area contributed by atoms with Crippen molar-refractivity contribution in [2.45, 2.75) is 39.8 Å². The second-order valence-corrected chi connectivity index (χ2v) is 6.92. The topological polar surface area (TPSA) is 41.5 Å². The predicted molar refractivity (Wildman–Crippen MR) is 100 cm³/mol. The highest BCUT2D eigenvalue weighted by Crippen LogP contribution is 2.42. The predicted octanol–water partition coefficient (Wildman–Crippen LogP) is 4.99. The quantitative estimate of drug-likeness (QED) is 0.823. The van der Waals surface area contributed by atoms with Crippen molar-refractivity contribution in [3.05, 3.63) is 53.4 Å². The highest BCUT2D eigenvalue weighted by molar-refractivity contribution is 5.88. The van der Waals surface area contributed by atoms with Crippen LogP contribution in [0.25, 0.3) is 16.7 Å². The van der Waals surface area contributed by atoms with Crippen LogP contribution in [0.3, 0.4) is 0 Å². The lowest BCUT2D eigenvalue weighted by molar-refractivity contribution is 0.282. The Kier molecular flexibility index (Phi) is 4.56. The van der Waals surface area contributed by atoms with E-state index in [1.54, 1.807) is 6.07 Å². The zero-order valence-corrected chi connectivity index (χ0v) is 15.1. The lowest BCUT2D eigenvalue weighted by Gasteiger charge is -2.33. The third-order valence-corrected chi connectivity index (χ3v) is 4.43. The molecule has 0 saturated heterocycles. The molecule has 1 heterocycles. The maximum absolute atomic E-state index is 13.6. The van der Waals surface area contributed by atoms with Crippen molar-refractivity contribution in [3.63, 3.8) is 0 Å². The molecule has 2 N–H and O–H groups in total. The number of nitrogens with one attached hydrogen (secondary N) is 1. The molecule has 0 radical (unpaired) electrons. The van der Waals surface area contributed by atoms with Crippen LogP contribution in [0.4, 0.5) is 10.1 Å². The fourth-order valence-electron chi connectivity index (χ4n) is 3.61. The molecule has 3 nitrogen and oxygen atoms in total. The van der Waals surface area contributed by atoms with Crippen LogP contribution in [0.5, 0.6) is 5.75 Å². The van der Waals surface area contributed by atoms with E-state index >= 15 is 0 Å². The number of rotatable bonds is 4. The minimum atomic E-state index is -0.338. The van der Waals surface area contributed by atoms with Crippen molar-refractivity contribution < 1.29 is 14.2 Å². The SMILES string of the molecule is CCOc1cc(F)ccc1-c1ccc2c(c1CO)C(C)=CC(C)(C)N2. The molecule has 2 aromatic rings. The van der Waals surface area contributed by atoms with E-state index in [1.807, 2.05) is 19.1 Å². The Morgan fingerprint density at radius 1 is 1.16 bits per heavy atom. The number of ether oxygens (including phenoxy) is 1. The van der Waals surface area contributed by atoms with Crippen molar-refractivity contribution in [1.82, 2.24) is 0 Å². The van der Waals surface area contributed by atoms with Crippen LogP contribution >= 0.6 is 0 Å². The number of allylic oxidation sites excluding steroid dienone is 1. The van der Waals surface area contributed by atoms with Crippen molar-refractivity contribution in [2.75, 3.05) is 11.9 Å². The molecule has 0 fully saturated rings. The minimum absolute atomic E-state index is 0.102. The monoisotopic (exact) mass is 341 g/mol. The summed E-state index contributed by atoms with van der Waals surface area (Å²) in [5.41, 5.74) is 5.44. The van der Waals surface area contributed by atoms with Gasteiger partial charge in [-0.2, -0.15) is 0 Å². The molecule has 0 saturated carbocycles. The summed E-state index contributed by atoms with van der Waals surface area (Å²) in [6.45, 7) is 8.49. The Bertz CT molecular complexity index is 840. The summed E-state index contributed by atoms with van der Waals surface area (Å²) in [5.74, 6) is 0.151. The maximum atomic E-state index is 13.6. The molecule has 2 aromatic carbocycles. The van der Waals surface area contributed by atoms with Gasteiger partial charge in [-0.1, -0.05) is 12.1 Å². The lowest BCUT2D eigenvalue weighted by Crippen LogP contribution is -2.31. The fourth-order valence-corrected chi connectivity index (χ4v) is 3.61. The third kappa shape index (κ3) is 3.27. The molecule has 4 heteroatoms. The zero-order chi connectivity index (χ0) is 18.2. The van der Waals surface area contributed by atoms with Crippen molar-refractivity contribution in [2.24, 2.45) is 0 Å². The standard InChI is InChI=1S/C21H24FNO2/c1-5-25-19-10-14(22)6-7-16(19)15-8-9-18-20(17(15)12-24)13(2)11-21(3,4)23-18/h6-11,23-24H,5,12H2,1-4H3. The van der Waals surface area contributed by atoms with E-state index in [-0.39, 0.29) is 18.0 Å². The zero-order valence-electron chi connectivity index (χ0n) is 15.1. The lowest BCUT2D eigenvalue weighted by atomic mass is 9.85. The molecule has 0 amide bonds. The number of anilines is 1. The summed E-state index contributed by atoms with van der Waals surface area (Å²) < 4.78 is 19.3. The van der Waals surface area contributed by atoms with Crippen LogP contribution < -0.4 is 10.1 Å². The number of halogens is 1. The Morgan fingerprint density at radius 3 is 2.56 bits per heavy atom. The van der Waals surface area contributed by atoms with Gasteiger partial charge in [0.2, 0.25) is 0 Å². The Balaban J connectivity index is 2.22. The van der Waals surface area contributed by atoms with E-state index in [1.165, 1.54) is 12.1 Å². The molecule has 132 valence electrons. The summed E-state index contributed by atoms with van der Waals surface area (Å²) in [5, 5.41) is 13.6. The van der Waals surface area contributed by atoms with Gasteiger partial charge in [-0.25, -0.2) is 4.39 Å². The molecule has 0 aromatic heterocycles. The van der Waals surface area contributed by atoms with Gasteiger partial charge in [0, 0.05) is 22.9 Å². The summed E-state index contributed by atoms with van der Waals surface area (Å²) in [6.07, 6.45) is 2.16. The van der Waals surface area contributed by atoms with Crippen molar-refractivity contribution in [1.29, 1.82) is 0 Å². The van der Waals surface area contributed by atoms with Gasteiger partial charge >= 0.3 is 0 Å². The van der Waals surface area contributed by atoms with E-state index in [4.69, 9.17) is 4.74 Å². The smallest absolute Gasteiger partial charge is 0.130 e. The Labute approximate surface area is 148 Å². The number of benzene rings is 2. The molecule has 25 heavy (non-hydrogen) atoms. The van der Waals surface area contributed by atoms with Crippen LogP contribution in [0.15, 0.2) is 36.4 Å². The summed E-state index contributed by atoms with van der Waals surface area (Å²) in [4.78, 5) is 0. The molecular weight excluding hydrogens is 317 g/mol. The second-order valence-electron chi connectivity index (χ2n) is 6.92. The summed E-state index contributed by atoms with van der Waals surface area (Å²) in [6, 6.07) is 8.50. The van der Waals surface area contributed by atoms with Gasteiger partial charge in [-0.05, 0) is 62.6 Å². The molecule has 0 atom stereocenters. The number of hydrogen-bond acceptors (Lipinski definition) is 3. The first-order valence-corrected chi connectivity index (χ1v) is 8.53.